The fourth-order valence-corrected chi connectivity index (χ4v) is 0.999. The van der Waals surface area contributed by atoms with Crippen molar-refractivity contribution < 1.29 is 4.79 Å². The molecular formula is C11H26N2OS. The molecule has 0 radical (unpaired) electrons. The quantitative estimate of drug-likeness (QED) is 0.580. The van der Waals surface area contributed by atoms with Gasteiger partial charge < -0.3 is 5.32 Å². The van der Waals surface area contributed by atoms with Gasteiger partial charge in [-0.3, -0.25) is 9.93 Å². The van der Waals surface area contributed by atoms with Crippen LogP contribution in [0.2, 0.25) is 0 Å². The van der Waals surface area contributed by atoms with Crippen molar-refractivity contribution in [3.63, 3.8) is 0 Å². The molecule has 15 heavy (non-hydrogen) atoms. The van der Waals surface area contributed by atoms with Crippen LogP contribution < -0.4 is 10.5 Å². The molecule has 1 atom stereocenters. The van der Waals surface area contributed by atoms with Crippen LogP contribution in [-0.4, -0.2) is 18.2 Å². The molecule has 92 valence electrons. The zero-order valence-corrected chi connectivity index (χ0v) is 11.7. The monoisotopic (exact) mass is 234 g/mol. The predicted octanol–water partition coefficient (Wildman–Crippen LogP) is 2.42. The van der Waals surface area contributed by atoms with Crippen LogP contribution in [0.15, 0.2) is 0 Å². The summed E-state index contributed by atoms with van der Waals surface area (Å²) in [6.45, 7) is 12.8. The zero-order valence-electron chi connectivity index (χ0n) is 10.9. The van der Waals surface area contributed by atoms with Gasteiger partial charge in [-0.05, 0) is 5.41 Å². The van der Waals surface area contributed by atoms with Gasteiger partial charge in [0.1, 0.15) is 0 Å². The number of carbonyl (C=O) groups is 1. The molecule has 1 amide bonds. The summed E-state index contributed by atoms with van der Waals surface area (Å²) in [6.07, 6.45) is 0. The lowest BCUT2D eigenvalue weighted by atomic mass is 9.81. The van der Waals surface area contributed by atoms with Gasteiger partial charge >= 0.3 is 0 Å². The average Bonchev–Trinajstić information content (AvgIpc) is 2.18. The highest BCUT2D eigenvalue weighted by molar-refractivity contribution is 7.97. The summed E-state index contributed by atoms with van der Waals surface area (Å²) in [7, 11) is 0. The average molecular weight is 234 g/mol. The van der Waals surface area contributed by atoms with E-state index in [1.807, 2.05) is 20.8 Å². The van der Waals surface area contributed by atoms with Gasteiger partial charge in [0, 0.05) is 18.2 Å². The molecule has 0 bridgehead atoms. The summed E-state index contributed by atoms with van der Waals surface area (Å²) in [5.74, 6) is 0.916. The van der Waals surface area contributed by atoms with Crippen molar-refractivity contribution in [1.82, 2.24) is 5.32 Å². The number of nitrogens with one attached hydrogen (secondary N) is 1. The Morgan fingerprint density at radius 2 is 1.87 bits per heavy atom. The molecule has 0 aliphatic carbocycles. The minimum absolute atomic E-state index is 0.0277. The predicted molar refractivity (Wildman–Crippen MR) is 69.6 cm³/mol. The molecule has 0 saturated heterocycles. The van der Waals surface area contributed by atoms with E-state index in [4.69, 9.17) is 5.14 Å². The van der Waals surface area contributed by atoms with Crippen LogP contribution >= 0.6 is 11.9 Å². The number of amides is 1. The molecule has 1 unspecified atom stereocenters. The molecule has 0 aliphatic heterocycles. The maximum atomic E-state index is 11.5. The summed E-state index contributed by atoms with van der Waals surface area (Å²) in [5.41, 5.74) is 0.0277. The van der Waals surface area contributed by atoms with Crippen molar-refractivity contribution >= 4 is 17.9 Å². The Balaban J connectivity index is 0. The van der Waals surface area contributed by atoms with Crippen molar-refractivity contribution in [1.29, 1.82) is 0 Å². The SMILES string of the molecule is CC.CC(C(=O)NCCSN)C(C)(C)C. The van der Waals surface area contributed by atoms with Gasteiger partial charge in [0.2, 0.25) is 5.91 Å². The molecule has 0 heterocycles. The second-order valence-electron chi connectivity index (χ2n) is 4.25. The molecule has 3 nitrogen and oxygen atoms in total. The smallest absolute Gasteiger partial charge is 0.223 e. The van der Waals surface area contributed by atoms with Crippen molar-refractivity contribution in [2.24, 2.45) is 16.5 Å². The van der Waals surface area contributed by atoms with Gasteiger partial charge in [0.05, 0.1) is 0 Å². The van der Waals surface area contributed by atoms with Crippen molar-refractivity contribution in [2.75, 3.05) is 12.3 Å². The molecule has 0 rings (SSSR count). The summed E-state index contributed by atoms with van der Waals surface area (Å²) in [5, 5.41) is 8.09. The van der Waals surface area contributed by atoms with E-state index < -0.39 is 0 Å². The topological polar surface area (TPSA) is 55.1 Å². The fourth-order valence-electron chi connectivity index (χ4n) is 0.780. The van der Waals surface area contributed by atoms with Crippen molar-refractivity contribution in [3.05, 3.63) is 0 Å². The number of nitrogens with two attached hydrogens (primary N) is 1. The number of hydrogen-bond donors (Lipinski definition) is 2. The maximum Gasteiger partial charge on any atom is 0.223 e. The molecule has 0 saturated carbocycles. The van der Waals surface area contributed by atoms with E-state index >= 15 is 0 Å². The molecule has 0 fully saturated rings. The fraction of sp³-hybridized carbons (Fsp3) is 0.909. The second-order valence-corrected chi connectivity index (χ2v) is 4.99. The highest BCUT2D eigenvalue weighted by atomic mass is 32.2. The lowest BCUT2D eigenvalue weighted by Gasteiger charge is -2.25. The van der Waals surface area contributed by atoms with Crippen LogP contribution in [0.25, 0.3) is 0 Å². The van der Waals surface area contributed by atoms with E-state index in [1.165, 1.54) is 11.9 Å². The van der Waals surface area contributed by atoms with E-state index in [1.54, 1.807) is 0 Å². The highest BCUT2D eigenvalue weighted by Gasteiger charge is 2.26. The van der Waals surface area contributed by atoms with Crippen LogP contribution in [0.5, 0.6) is 0 Å². The molecule has 0 aromatic carbocycles. The van der Waals surface area contributed by atoms with Gasteiger partial charge in [-0.1, -0.05) is 53.5 Å². The minimum atomic E-state index is 0.0277. The van der Waals surface area contributed by atoms with E-state index in [-0.39, 0.29) is 17.2 Å². The van der Waals surface area contributed by atoms with E-state index in [9.17, 15) is 4.79 Å². The third-order valence-electron chi connectivity index (χ3n) is 2.21. The summed E-state index contributed by atoms with van der Waals surface area (Å²) in [6, 6.07) is 0. The van der Waals surface area contributed by atoms with Crippen LogP contribution in [-0.2, 0) is 4.79 Å². The summed E-state index contributed by atoms with van der Waals surface area (Å²) >= 11 is 1.25. The lowest BCUT2D eigenvalue weighted by Crippen LogP contribution is -2.37. The lowest BCUT2D eigenvalue weighted by molar-refractivity contribution is -0.127. The first kappa shape index (κ1) is 17.2. The van der Waals surface area contributed by atoms with Crippen molar-refractivity contribution in [2.45, 2.75) is 41.5 Å². The Hall–Kier alpha value is -0.220. The van der Waals surface area contributed by atoms with Gasteiger partial charge in [-0.2, -0.15) is 0 Å². The van der Waals surface area contributed by atoms with Crippen LogP contribution in [0.3, 0.4) is 0 Å². The number of rotatable bonds is 4. The van der Waals surface area contributed by atoms with Gasteiger partial charge in [0.25, 0.3) is 0 Å². The zero-order chi connectivity index (χ0) is 12.5. The van der Waals surface area contributed by atoms with Crippen LogP contribution in [0, 0.1) is 11.3 Å². The van der Waals surface area contributed by atoms with Crippen LogP contribution in [0.4, 0.5) is 0 Å². The number of hydrogen-bond acceptors (Lipinski definition) is 3. The molecule has 0 aliphatic rings. The normalized spacial score (nSPS) is 12.5. The molecule has 4 heteroatoms. The molecule has 0 spiro atoms. The Bertz CT molecular complexity index is 166. The Kier molecular flexibility index (Phi) is 10.4. The Morgan fingerprint density at radius 1 is 1.40 bits per heavy atom. The molecule has 0 aromatic heterocycles. The van der Waals surface area contributed by atoms with Crippen LogP contribution in [0.1, 0.15) is 41.5 Å². The van der Waals surface area contributed by atoms with E-state index in [0.29, 0.717) is 6.54 Å². The maximum absolute atomic E-state index is 11.5. The first-order valence-corrected chi connectivity index (χ1v) is 6.54. The van der Waals surface area contributed by atoms with Gasteiger partial charge in [-0.25, -0.2) is 0 Å². The van der Waals surface area contributed by atoms with Gasteiger partial charge in [-0.15, -0.1) is 0 Å². The molecule has 3 N–H and O–H groups in total. The first-order chi connectivity index (χ1) is 6.89. The number of carbonyl (C=O) groups excluding carboxylic acids is 1. The largest absolute Gasteiger partial charge is 0.355 e. The molecular weight excluding hydrogens is 208 g/mol. The Labute approximate surface area is 98.7 Å². The van der Waals surface area contributed by atoms with Crippen molar-refractivity contribution in [3.8, 4) is 0 Å². The third-order valence-corrected chi connectivity index (χ3v) is 2.65. The summed E-state index contributed by atoms with van der Waals surface area (Å²) in [4.78, 5) is 11.5. The highest BCUT2D eigenvalue weighted by Crippen LogP contribution is 2.24. The van der Waals surface area contributed by atoms with Gasteiger partial charge in [0.15, 0.2) is 0 Å². The Morgan fingerprint density at radius 3 is 2.20 bits per heavy atom. The van der Waals surface area contributed by atoms with E-state index in [2.05, 4.69) is 26.1 Å². The second kappa shape index (κ2) is 9.04. The standard InChI is InChI=1S/C9H20N2OS.C2H6/c1-7(9(2,3)4)8(12)11-5-6-13-10;1-2/h7H,5-6,10H2,1-4H3,(H,11,12);1-2H3. The third kappa shape index (κ3) is 8.75. The minimum Gasteiger partial charge on any atom is -0.355 e. The first-order valence-electron chi connectivity index (χ1n) is 5.49. The van der Waals surface area contributed by atoms with E-state index in [0.717, 1.165) is 5.75 Å². The molecule has 0 aromatic rings. The summed E-state index contributed by atoms with van der Waals surface area (Å²) < 4.78 is 0.